The molecule has 0 aromatic heterocycles. The highest BCUT2D eigenvalue weighted by molar-refractivity contribution is 5.85. The molecule has 4 saturated carbocycles. The van der Waals surface area contributed by atoms with Crippen LogP contribution in [0, 0.1) is 34.5 Å². The molecular formula is C27H38O7. The molecule has 0 radical (unpaired) electrons. The molecule has 1 heterocycles. The first-order chi connectivity index (χ1) is 16.0. The van der Waals surface area contributed by atoms with Crippen molar-refractivity contribution in [1.82, 2.24) is 0 Å². The molecule has 34 heavy (non-hydrogen) atoms. The Kier molecular flexibility index (Phi) is 5.66. The van der Waals surface area contributed by atoms with Crippen LogP contribution in [0.3, 0.4) is 0 Å². The van der Waals surface area contributed by atoms with E-state index in [0.29, 0.717) is 18.8 Å². The lowest BCUT2D eigenvalue weighted by atomic mass is 9.42. The van der Waals surface area contributed by atoms with Crippen LogP contribution in [0.2, 0.25) is 0 Å². The number of aliphatic hydroxyl groups is 1. The second-order valence-electron chi connectivity index (χ2n) is 12.0. The predicted octanol–water partition coefficient (Wildman–Crippen LogP) is 3.72. The molecular weight excluding hydrogens is 436 g/mol. The maximum absolute atomic E-state index is 12.5. The molecule has 4 fully saturated rings. The van der Waals surface area contributed by atoms with E-state index in [2.05, 4.69) is 13.8 Å². The van der Waals surface area contributed by atoms with Crippen molar-refractivity contribution in [1.29, 1.82) is 0 Å². The summed E-state index contributed by atoms with van der Waals surface area (Å²) in [6.07, 6.45) is 7.77. The lowest BCUT2D eigenvalue weighted by Crippen LogP contribution is -2.67. The Labute approximate surface area is 201 Å². The Bertz CT molecular complexity index is 926. The van der Waals surface area contributed by atoms with E-state index in [1.165, 1.54) is 13.8 Å². The number of cyclic esters (lactones) is 1. The molecule has 7 heteroatoms. The van der Waals surface area contributed by atoms with Crippen LogP contribution in [-0.2, 0) is 28.6 Å². The third kappa shape index (κ3) is 3.36. The van der Waals surface area contributed by atoms with Gasteiger partial charge in [0.15, 0.2) is 0 Å². The molecule has 0 amide bonds. The fourth-order valence-electron chi connectivity index (χ4n) is 9.04. The molecule has 0 spiro atoms. The summed E-state index contributed by atoms with van der Waals surface area (Å²) >= 11 is 0. The van der Waals surface area contributed by atoms with Crippen molar-refractivity contribution in [2.75, 3.05) is 6.61 Å². The molecule has 188 valence electrons. The van der Waals surface area contributed by atoms with Crippen molar-refractivity contribution in [3.63, 3.8) is 0 Å². The lowest BCUT2D eigenvalue weighted by Gasteiger charge is -2.65. The first-order valence-corrected chi connectivity index (χ1v) is 12.9. The van der Waals surface area contributed by atoms with Crippen LogP contribution in [-0.4, -0.2) is 47.4 Å². The van der Waals surface area contributed by atoms with Gasteiger partial charge in [0.2, 0.25) is 0 Å². The van der Waals surface area contributed by atoms with Gasteiger partial charge in [-0.1, -0.05) is 13.8 Å². The zero-order valence-corrected chi connectivity index (χ0v) is 20.8. The van der Waals surface area contributed by atoms with E-state index in [0.717, 1.165) is 44.1 Å². The van der Waals surface area contributed by atoms with Crippen LogP contribution in [0.25, 0.3) is 0 Å². The van der Waals surface area contributed by atoms with Gasteiger partial charge in [0, 0.05) is 25.3 Å². The van der Waals surface area contributed by atoms with Crippen molar-refractivity contribution < 1.29 is 33.7 Å². The average molecular weight is 475 g/mol. The van der Waals surface area contributed by atoms with Gasteiger partial charge in [-0.3, -0.25) is 9.59 Å². The summed E-state index contributed by atoms with van der Waals surface area (Å²) in [5.41, 5.74) is -0.731. The molecule has 1 N–H and O–H groups in total. The van der Waals surface area contributed by atoms with Crippen LogP contribution < -0.4 is 0 Å². The molecule has 9 atom stereocenters. The molecule has 0 bridgehead atoms. The number of carbonyl (C=O) groups excluding carboxylic acids is 3. The summed E-state index contributed by atoms with van der Waals surface area (Å²) < 4.78 is 16.8. The topological polar surface area (TPSA) is 99.1 Å². The van der Waals surface area contributed by atoms with Crippen molar-refractivity contribution in [3.8, 4) is 0 Å². The number of rotatable bonds is 3. The highest BCUT2D eigenvalue weighted by atomic mass is 16.6. The van der Waals surface area contributed by atoms with Crippen LogP contribution >= 0.6 is 0 Å². The van der Waals surface area contributed by atoms with Crippen molar-refractivity contribution in [2.45, 2.75) is 96.9 Å². The minimum absolute atomic E-state index is 0.00118. The van der Waals surface area contributed by atoms with Gasteiger partial charge >= 0.3 is 17.9 Å². The first kappa shape index (κ1) is 23.8. The minimum atomic E-state index is -0.978. The standard InChI is InChI=1S/C27H38O7/c1-15(28)33-19-7-9-25(3)18(12-19)5-6-21-22(25)13-23(34-16(2)29)26(4)20(8-10-27(21,26)31)17-11-24(30)32-14-17/h11,18-23,31H,5-10,12-14H2,1-4H3/t18-,19-,20+,21+,22-,23+,25-,26-,27-/m0/s1. The van der Waals surface area contributed by atoms with Gasteiger partial charge in [0.1, 0.15) is 18.8 Å². The maximum Gasteiger partial charge on any atom is 0.331 e. The number of ether oxygens (including phenoxy) is 3. The Morgan fingerprint density at radius 2 is 1.74 bits per heavy atom. The Morgan fingerprint density at radius 1 is 1.00 bits per heavy atom. The summed E-state index contributed by atoms with van der Waals surface area (Å²) in [5, 5.41) is 12.5. The normalized spacial score (nSPS) is 47.6. The van der Waals surface area contributed by atoms with Gasteiger partial charge in [-0.2, -0.15) is 0 Å². The largest absolute Gasteiger partial charge is 0.463 e. The quantitative estimate of drug-likeness (QED) is 0.492. The van der Waals surface area contributed by atoms with E-state index in [-0.39, 0.29) is 53.8 Å². The van der Waals surface area contributed by atoms with Crippen LogP contribution in [0.4, 0.5) is 0 Å². The van der Waals surface area contributed by atoms with Crippen LogP contribution in [0.15, 0.2) is 11.6 Å². The van der Waals surface area contributed by atoms with Crippen LogP contribution in [0.1, 0.15) is 79.1 Å². The SMILES string of the molecule is CC(=O)O[C@H]1CC[C@@]2(C)[C@@H](CC[C@@H]3[C@@H]2C[C@@H](OC(C)=O)[C@]2(C)[C@@H](C4=CC(=O)OC4)CC[C@]32O)C1. The zero-order chi connectivity index (χ0) is 24.5. The van der Waals surface area contributed by atoms with Gasteiger partial charge in [-0.05, 0) is 86.0 Å². The zero-order valence-electron chi connectivity index (χ0n) is 20.8. The summed E-state index contributed by atoms with van der Waals surface area (Å²) in [6, 6.07) is 0. The highest BCUT2D eigenvalue weighted by Gasteiger charge is 2.72. The van der Waals surface area contributed by atoms with Gasteiger partial charge in [-0.15, -0.1) is 0 Å². The van der Waals surface area contributed by atoms with Gasteiger partial charge in [-0.25, -0.2) is 4.79 Å². The number of hydrogen-bond donors (Lipinski definition) is 1. The second-order valence-corrected chi connectivity index (χ2v) is 12.0. The molecule has 5 aliphatic rings. The lowest BCUT2D eigenvalue weighted by molar-refractivity contribution is -0.251. The fraction of sp³-hybridized carbons (Fsp3) is 0.815. The molecule has 0 aromatic rings. The number of carbonyl (C=O) groups is 3. The summed E-state index contributed by atoms with van der Waals surface area (Å²) in [6.45, 7) is 7.59. The Balaban J connectivity index is 1.50. The van der Waals surface area contributed by atoms with E-state index in [1.54, 1.807) is 6.08 Å². The summed E-state index contributed by atoms with van der Waals surface area (Å²) in [4.78, 5) is 35.7. The third-order valence-electron chi connectivity index (χ3n) is 10.6. The monoisotopic (exact) mass is 474 g/mol. The molecule has 0 unspecified atom stereocenters. The van der Waals surface area contributed by atoms with Crippen LogP contribution in [0.5, 0.6) is 0 Å². The minimum Gasteiger partial charge on any atom is -0.463 e. The molecule has 1 aliphatic heterocycles. The number of hydrogen-bond acceptors (Lipinski definition) is 7. The van der Waals surface area contributed by atoms with Gasteiger partial charge < -0.3 is 19.3 Å². The van der Waals surface area contributed by atoms with Crippen molar-refractivity contribution >= 4 is 17.9 Å². The van der Waals surface area contributed by atoms with E-state index < -0.39 is 17.1 Å². The smallest absolute Gasteiger partial charge is 0.331 e. The summed E-state index contributed by atoms with van der Waals surface area (Å²) in [5.74, 6) is -0.190. The first-order valence-electron chi connectivity index (χ1n) is 12.9. The van der Waals surface area contributed by atoms with Crippen molar-refractivity contribution in [2.24, 2.45) is 34.5 Å². The average Bonchev–Trinajstić information content (AvgIpc) is 3.29. The number of fused-ring (bicyclic) bond motifs is 5. The highest BCUT2D eigenvalue weighted by Crippen LogP contribution is 2.70. The summed E-state index contributed by atoms with van der Waals surface area (Å²) in [7, 11) is 0. The second kappa shape index (κ2) is 8.07. The van der Waals surface area contributed by atoms with E-state index in [4.69, 9.17) is 14.2 Å². The molecule has 5 rings (SSSR count). The maximum atomic E-state index is 12.5. The fourth-order valence-corrected chi connectivity index (χ4v) is 9.04. The predicted molar refractivity (Wildman–Crippen MR) is 122 cm³/mol. The van der Waals surface area contributed by atoms with Gasteiger partial charge in [0.05, 0.1) is 5.60 Å². The molecule has 4 aliphatic carbocycles. The molecule has 7 nitrogen and oxygen atoms in total. The van der Waals surface area contributed by atoms with Gasteiger partial charge in [0.25, 0.3) is 0 Å². The molecule has 0 aromatic carbocycles. The van der Waals surface area contributed by atoms with E-state index in [1.807, 2.05) is 0 Å². The van der Waals surface area contributed by atoms with Crippen molar-refractivity contribution in [3.05, 3.63) is 11.6 Å². The van der Waals surface area contributed by atoms with E-state index >= 15 is 0 Å². The Hall–Kier alpha value is -1.89. The molecule has 0 saturated heterocycles. The third-order valence-corrected chi connectivity index (χ3v) is 10.6. The Morgan fingerprint density at radius 3 is 2.38 bits per heavy atom. The number of esters is 3. The van der Waals surface area contributed by atoms with E-state index in [9.17, 15) is 19.5 Å².